The van der Waals surface area contributed by atoms with E-state index < -0.39 is 21.8 Å². The Morgan fingerprint density at radius 1 is 1.11 bits per heavy atom. The van der Waals surface area contributed by atoms with Gasteiger partial charge >= 0.3 is 0 Å². The van der Waals surface area contributed by atoms with E-state index in [2.05, 4.69) is 10.0 Å². The highest BCUT2D eigenvalue weighted by Crippen LogP contribution is 2.15. The van der Waals surface area contributed by atoms with Crippen LogP contribution in [0.1, 0.15) is 24.2 Å². The molecule has 0 aliphatic heterocycles. The van der Waals surface area contributed by atoms with Crippen molar-refractivity contribution in [3.63, 3.8) is 0 Å². The maximum atomic E-state index is 12.1. The number of hydrogen-bond donors (Lipinski definition) is 3. The van der Waals surface area contributed by atoms with Crippen LogP contribution >= 0.6 is 0 Å². The molecule has 0 heterocycles. The van der Waals surface area contributed by atoms with Gasteiger partial charge in [0.25, 0.3) is 5.91 Å². The van der Waals surface area contributed by atoms with Crippen molar-refractivity contribution in [2.24, 2.45) is 5.73 Å². The molecule has 0 radical (unpaired) electrons. The van der Waals surface area contributed by atoms with Crippen LogP contribution in [0.15, 0.2) is 53.4 Å². The second kappa shape index (κ2) is 8.65. The summed E-state index contributed by atoms with van der Waals surface area (Å²) in [5.74, 6) is -0.690. The van der Waals surface area contributed by atoms with Crippen molar-refractivity contribution in [1.82, 2.24) is 4.72 Å². The summed E-state index contributed by atoms with van der Waals surface area (Å²) >= 11 is 0. The van der Waals surface area contributed by atoms with Gasteiger partial charge in [-0.2, -0.15) is 0 Å². The van der Waals surface area contributed by atoms with Crippen molar-refractivity contribution in [1.29, 1.82) is 0 Å². The molecule has 0 saturated carbocycles. The Bertz CT molecular complexity index is 924. The molecule has 27 heavy (non-hydrogen) atoms. The number of benzene rings is 2. The molecule has 9 heteroatoms. The maximum absolute atomic E-state index is 12.1. The van der Waals surface area contributed by atoms with E-state index in [4.69, 9.17) is 10.5 Å². The summed E-state index contributed by atoms with van der Waals surface area (Å²) in [7, 11) is -3.59. The molecule has 2 rings (SSSR count). The quantitative estimate of drug-likeness (QED) is 0.628. The summed E-state index contributed by atoms with van der Waals surface area (Å²) in [6, 6.07) is 11.7. The number of hydrogen-bond acceptors (Lipinski definition) is 5. The van der Waals surface area contributed by atoms with Crippen LogP contribution in [0.4, 0.5) is 5.69 Å². The van der Waals surface area contributed by atoms with Crippen molar-refractivity contribution in [2.75, 3.05) is 11.9 Å². The van der Waals surface area contributed by atoms with Gasteiger partial charge in [0.1, 0.15) is 5.75 Å². The van der Waals surface area contributed by atoms with Gasteiger partial charge in [0.2, 0.25) is 15.9 Å². The van der Waals surface area contributed by atoms with Gasteiger partial charge in [-0.25, -0.2) is 13.1 Å². The predicted octanol–water partition coefficient (Wildman–Crippen LogP) is 1.49. The highest BCUT2D eigenvalue weighted by molar-refractivity contribution is 7.89. The summed E-state index contributed by atoms with van der Waals surface area (Å²) in [5.41, 5.74) is 5.90. The lowest BCUT2D eigenvalue weighted by molar-refractivity contribution is -0.118. The molecule has 0 fully saturated rings. The van der Waals surface area contributed by atoms with Crippen LogP contribution in [-0.2, 0) is 14.8 Å². The van der Waals surface area contributed by atoms with Crippen LogP contribution in [0.25, 0.3) is 0 Å². The zero-order valence-corrected chi connectivity index (χ0v) is 15.7. The average molecular weight is 391 g/mol. The van der Waals surface area contributed by atoms with Gasteiger partial charge in [0.15, 0.2) is 6.61 Å². The molecule has 0 aliphatic rings. The normalized spacial score (nSPS) is 11.2. The number of nitrogens with one attached hydrogen (secondary N) is 2. The molecule has 4 N–H and O–H groups in total. The number of carbonyl (C=O) groups is 2. The number of carbonyl (C=O) groups excluding carboxylic acids is 2. The third-order valence-electron chi connectivity index (χ3n) is 3.33. The van der Waals surface area contributed by atoms with Crippen molar-refractivity contribution < 1.29 is 22.7 Å². The number of nitrogens with two attached hydrogens (primary N) is 1. The Hall–Kier alpha value is -2.91. The molecule has 2 amide bonds. The smallest absolute Gasteiger partial charge is 0.262 e. The number of amides is 2. The van der Waals surface area contributed by atoms with Crippen molar-refractivity contribution in [3.05, 3.63) is 54.1 Å². The Labute approximate surface area is 157 Å². The summed E-state index contributed by atoms with van der Waals surface area (Å²) < 4.78 is 31.9. The van der Waals surface area contributed by atoms with Crippen LogP contribution in [-0.4, -0.2) is 32.9 Å². The SMILES string of the molecule is CC(C)NS(=O)(=O)c1ccc(NC(=O)COc2cccc(C(N)=O)c2)cc1. The Balaban J connectivity index is 1.94. The predicted molar refractivity (Wildman–Crippen MR) is 101 cm³/mol. The Morgan fingerprint density at radius 2 is 1.78 bits per heavy atom. The summed E-state index contributed by atoms with van der Waals surface area (Å²) in [6.07, 6.45) is 0. The van der Waals surface area contributed by atoms with Gasteiger partial charge in [0, 0.05) is 17.3 Å². The number of anilines is 1. The molecule has 8 nitrogen and oxygen atoms in total. The molecule has 0 spiro atoms. The molecule has 0 aliphatic carbocycles. The van der Waals surface area contributed by atoms with Crippen LogP contribution in [0, 0.1) is 0 Å². The largest absolute Gasteiger partial charge is 0.484 e. The lowest BCUT2D eigenvalue weighted by Crippen LogP contribution is -2.30. The van der Waals surface area contributed by atoms with E-state index in [0.29, 0.717) is 11.4 Å². The first-order valence-corrected chi connectivity index (χ1v) is 9.60. The molecular formula is C18H21N3O5S. The fourth-order valence-corrected chi connectivity index (χ4v) is 3.43. The zero-order valence-electron chi connectivity index (χ0n) is 14.9. The minimum absolute atomic E-state index is 0.105. The molecule has 0 saturated heterocycles. The van der Waals surface area contributed by atoms with E-state index in [9.17, 15) is 18.0 Å². The van der Waals surface area contributed by atoms with E-state index in [-0.39, 0.29) is 23.1 Å². The molecule has 0 unspecified atom stereocenters. The first-order chi connectivity index (χ1) is 12.7. The minimum atomic E-state index is -3.59. The molecule has 144 valence electrons. The van der Waals surface area contributed by atoms with E-state index in [1.54, 1.807) is 32.0 Å². The highest BCUT2D eigenvalue weighted by atomic mass is 32.2. The summed E-state index contributed by atoms with van der Waals surface area (Å²) in [5, 5.41) is 2.60. The van der Waals surface area contributed by atoms with Crippen LogP contribution in [0.5, 0.6) is 5.75 Å². The number of ether oxygens (including phenoxy) is 1. The standard InChI is InChI=1S/C18H21N3O5S/c1-12(2)21-27(24,25)16-8-6-14(7-9-16)20-17(22)11-26-15-5-3-4-13(10-15)18(19)23/h3-10,12,21H,11H2,1-2H3,(H2,19,23)(H,20,22). The highest BCUT2D eigenvalue weighted by Gasteiger charge is 2.15. The molecule has 0 aromatic heterocycles. The lowest BCUT2D eigenvalue weighted by atomic mass is 10.2. The average Bonchev–Trinajstić information content (AvgIpc) is 2.59. The maximum Gasteiger partial charge on any atom is 0.262 e. The Morgan fingerprint density at radius 3 is 2.37 bits per heavy atom. The van der Waals surface area contributed by atoms with Crippen molar-refractivity contribution >= 4 is 27.5 Å². The topological polar surface area (TPSA) is 128 Å². The molecule has 2 aromatic rings. The van der Waals surface area contributed by atoms with Gasteiger partial charge in [-0.15, -0.1) is 0 Å². The number of primary amides is 1. The van der Waals surface area contributed by atoms with Gasteiger partial charge in [-0.05, 0) is 56.3 Å². The van der Waals surface area contributed by atoms with E-state index in [1.165, 1.54) is 30.3 Å². The first-order valence-electron chi connectivity index (χ1n) is 8.12. The fourth-order valence-electron chi connectivity index (χ4n) is 2.18. The second-order valence-electron chi connectivity index (χ2n) is 6.03. The van der Waals surface area contributed by atoms with Gasteiger partial charge in [0.05, 0.1) is 4.90 Å². The van der Waals surface area contributed by atoms with Gasteiger partial charge in [-0.3, -0.25) is 9.59 Å². The third-order valence-corrected chi connectivity index (χ3v) is 5.00. The van der Waals surface area contributed by atoms with Crippen LogP contribution < -0.4 is 20.5 Å². The molecule has 2 aromatic carbocycles. The molecule has 0 atom stereocenters. The fraction of sp³-hybridized carbons (Fsp3) is 0.222. The monoisotopic (exact) mass is 391 g/mol. The Kier molecular flexibility index (Phi) is 6.54. The van der Waals surface area contributed by atoms with Gasteiger partial charge in [-0.1, -0.05) is 6.07 Å². The number of rotatable bonds is 8. The lowest BCUT2D eigenvalue weighted by Gasteiger charge is -2.11. The summed E-state index contributed by atoms with van der Waals surface area (Å²) in [4.78, 5) is 23.2. The van der Waals surface area contributed by atoms with Gasteiger partial charge < -0.3 is 15.8 Å². The minimum Gasteiger partial charge on any atom is -0.484 e. The van der Waals surface area contributed by atoms with E-state index >= 15 is 0 Å². The van der Waals surface area contributed by atoms with Crippen molar-refractivity contribution in [3.8, 4) is 5.75 Å². The van der Waals surface area contributed by atoms with E-state index in [0.717, 1.165) is 0 Å². The zero-order chi connectivity index (χ0) is 20.0. The van der Waals surface area contributed by atoms with Crippen LogP contribution in [0.3, 0.4) is 0 Å². The van der Waals surface area contributed by atoms with E-state index in [1.807, 2.05) is 0 Å². The first kappa shape index (κ1) is 20.4. The summed E-state index contributed by atoms with van der Waals surface area (Å²) in [6.45, 7) is 3.17. The molecular weight excluding hydrogens is 370 g/mol. The van der Waals surface area contributed by atoms with Crippen molar-refractivity contribution in [2.45, 2.75) is 24.8 Å². The number of sulfonamides is 1. The third kappa shape index (κ3) is 6.08. The van der Waals surface area contributed by atoms with Crippen LogP contribution in [0.2, 0.25) is 0 Å². The molecule has 0 bridgehead atoms. The second-order valence-corrected chi connectivity index (χ2v) is 7.74.